The van der Waals surface area contributed by atoms with Crippen LogP contribution in [0.25, 0.3) is 0 Å². The molecule has 0 atom stereocenters. The molecule has 2 aromatic carbocycles. The van der Waals surface area contributed by atoms with Gasteiger partial charge in [0.1, 0.15) is 0 Å². The fourth-order valence-corrected chi connectivity index (χ4v) is 3.14. The van der Waals surface area contributed by atoms with Crippen molar-refractivity contribution >= 4 is 29.1 Å². The highest BCUT2D eigenvalue weighted by Crippen LogP contribution is 2.30. The molecule has 4 nitrogen and oxygen atoms in total. The number of aryl methyl sites for hydroxylation is 1. The molecule has 0 bridgehead atoms. The van der Waals surface area contributed by atoms with Crippen LogP contribution in [0.15, 0.2) is 60.9 Å². The zero-order chi connectivity index (χ0) is 19.2. The molecule has 138 valence electrons. The molecule has 1 amide bonds. The summed E-state index contributed by atoms with van der Waals surface area (Å²) >= 11 is 12.5. The second-order valence-corrected chi connectivity index (χ2v) is 6.82. The molecule has 0 saturated heterocycles. The molecule has 1 N–H and O–H groups in total. The number of nitrogens with one attached hydrogen (secondary N) is 1. The minimum atomic E-state index is -0.345. The number of rotatable bonds is 6. The van der Waals surface area contributed by atoms with Crippen molar-refractivity contribution in [3.8, 4) is 5.75 Å². The van der Waals surface area contributed by atoms with Crippen LogP contribution in [0, 0.1) is 6.92 Å². The van der Waals surface area contributed by atoms with Crippen LogP contribution in [0.2, 0.25) is 10.0 Å². The van der Waals surface area contributed by atoms with Gasteiger partial charge in [0.2, 0.25) is 0 Å². The third-order valence-electron chi connectivity index (χ3n) is 4.29. The van der Waals surface area contributed by atoms with E-state index in [9.17, 15) is 4.79 Å². The molecule has 1 heterocycles. The lowest BCUT2D eigenvalue weighted by Crippen LogP contribution is -2.27. The van der Waals surface area contributed by atoms with Crippen molar-refractivity contribution in [2.75, 3.05) is 0 Å². The Morgan fingerprint density at radius 2 is 1.74 bits per heavy atom. The van der Waals surface area contributed by atoms with E-state index in [1.807, 2.05) is 31.2 Å². The average Bonchev–Trinajstić information content (AvgIpc) is 2.69. The van der Waals surface area contributed by atoms with Crippen LogP contribution < -0.4 is 10.3 Å². The fourth-order valence-electron chi connectivity index (χ4n) is 2.73. The van der Waals surface area contributed by atoms with Crippen LogP contribution in [0.1, 0.15) is 27.0 Å². The van der Waals surface area contributed by atoms with E-state index >= 15 is 0 Å². The number of carbonyl (C=O) groups is 1. The molecule has 0 aliphatic carbocycles. The smallest absolute Gasteiger partial charge is 0.284 e. The third kappa shape index (κ3) is 4.79. The first-order chi connectivity index (χ1) is 13.1. The van der Waals surface area contributed by atoms with Gasteiger partial charge >= 0.3 is 0 Å². The maximum absolute atomic E-state index is 12.2. The highest BCUT2D eigenvalue weighted by molar-refractivity contribution is 6.31. The summed E-state index contributed by atoms with van der Waals surface area (Å²) in [7, 11) is 0. The predicted octanol–water partition coefficient (Wildman–Crippen LogP) is 5.21. The zero-order valence-corrected chi connectivity index (χ0v) is 16.2. The van der Waals surface area contributed by atoms with Crippen molar-refractivity contribution in [3.63, 3.8) is 0 Å². The van der Waals surface area contributed by atoms with Crippen molar-refractivity contribution in [2.45, 2.75) is 19.8 Å². The van der Waals surface area contributed by atoms with Gasteiger partial charge in [0.15, 0.2) is 5.75 Å². The summed E-state index contributed by atoms with van der Waals surface area (Å²) in [6.07, 6.45) is 4.51. The number of benzene rings is 2. The zero-order valence-electron chi connectivity index (χ0n) is 14.7. The summed E-state index contributed by atoms with van der Waals surface area (Å²) in [6.45, 7) is 1.93. The number of pyridine rings is 1. The second kappa shape index (κ2) is 8.89. The molecule has 3 aromatic rings. The Morgan fingerprint density at radius 3 is 2.48 bits per heavy atom. The molecule has 0 saturated carbocycles. The Balaban J connectivity index is 1.76. The maximum atomic E-state index is 12.2. The Labute approximate surface area is 168 Å². The van der Waals surface area contributed by atoms with E-state index in [1.54, 1.807) is 36.7 Å². The summed E-state index contributed by atoms with van der Waals surface area (Å²) in [6, 6.07) is 14.5. The molecule has 27 heavy (non-hydrogen) atoms. The quantitative estimate of drug-likeness (QED) is 0.578. The highest BCUT2D eigenvalue weighted by atomic mass is 35.5. The van der Waals surface area contributed by atoms with Crippen molar-refractivity contribution in [2.24, 2.45) is 0 Å². The number of nitrogens with zero attached hydrogens (tertiary/aromatic N) is 1. The maximum Gasteiger partial charge on any atom is 0.284 e. The number of amides is 1. The second-order valence-electron chi connectivity index (χ2n) is 6.01. The van der Waals surface area contributed by atoms with Gasteiger partial charge in [-0.1, -0.05) is 41.4 Å². The average molecular weight is 401 g/mol. The minimum absolute atomic E-state index is 0.345. The van der Waals surface area contributed by atoms with E-state index in [2.05, 4.69) is 10.5 Å². The first kappa shape index (κ1) is 19.2. The number of hydroxylamine groups is 1. The van der Waals surface area contributed by atoms with Gasteiger partial charge in [-0.3, -0.25) is 9.78 Å². The minimum Gasteiger partial charge on any atom is -0.379 e. The van der Waals surface area contributed by atoms with E-state index in [0.29, 0.717) is 22.8 Å². The van der Waals surface area contributed by atoms with Crippen LogP contribution in [-0.2, 0) is 12.8 Å². The lowest BCUT2D eigenvalue weighted by molar-refractivity contribution is 0.0758. The first-order valence-corrected chi connectivity index (χ1v) is 9.20. The Bertz CT molecular complexity index is 946. The lowest BCUT2D eigenvalue weighted by Gasteiger charge is -2.15. The molecule has 0 spiro atoms. The Morgan fingerprint density at radius 1 is 1.00 bits per heavy atom. The standard InChI is InChI=1S/C21H18Cl2N2O2/c1-14-17(7-6-15-4-2-3-5-19(15)23)20(9-8-18(14)22)27-25-21(26)16-10-12-24-13-11-16/h2-5,8-13H,6-7H2,1H3,(H,25,26). The summed E-state index contributed by atoms with van der Waals surface area (Å²) < 4.78 is 0. The number of hydrogen-bond donors (Lipinski definition) is 1. The summed E-state index contributed by atoms with van der Waals surface area (Å²) in [5.74, 6) is 0.216. The normalized spacial score (nSPS) is 10.5. The fraction of sp³-hybridized carbons (Fsp3) is 0.143. The van der Waals surface area contributed by atoms with Gasteiger partial charge in [0.25, 0.3) is 5.91 Å². The molecule has 0 aliphatic rings. The van der Waals surface area contributed by atoms with E-state index in [-0.39, 0.29) is 5.91 Å². The van der Waals surface area contributed by atoms with E-state index in [4.69, 9.17) is 28.0 Å². The molecule has 1 aromatic heterocycles. The van der Waals surface area contributed by atoms with Gasteiger partial charge in [-0.2, -0.15) is 5.48 Å². The monoisotopic (exact) mass is 400 g/mol. The number of carbonyl (C=O) groups excluding carboxylic acids is 1. The summed E-state index contributed by atoms with van der Waals surface area (Å²) in [5, 5.41) is 1.38. The number of hydrogen-bond acceptors (Lipinski definition) is 3. The van der Waals surface area contributed by atoms with Crippen molar-refractivity contribution in [1.29, 1.82) is 0 Å². The molecule has 6 heteroatoms. The van der Waals surface area contributed by atoms with Gasteiger partial charge in [0.05, 0.1) is 0 Å². The molecular weight excluding hydrogens is 383 g/mol. The number of aromatic nitrogens is 1. The van der Waals surface area contributed by atoms with E-state index < -0.39 is 0 Å². The first-order valence-electron chi connectivity index (χ1n) is 8.45. The van der Waals surface area contributed by atoms with Crippen LogP contribution in [0.5, 0.6) is 5.75 Å². The predicted molar refractivity (Wildman–Crippen MR) is 107 cm³/mol. The van der Waals surface area contributed by atoms with Crippen LogP contribution in [0.3, 0.4) is 0 Å². The molecular formula is C21H18Cl2N2O2. The lowest BCUT2D eigenvalue weighted by atomic mass is 9.99. The van der Waals surface area contributed by atoms with Gasteiger partial charge < -0.3 is 4.84 Å². The Hall–Kier alpha value is -2.56. The van der Waals surface area contributed by atoms with Crippen LogP contribution in [-0.4, -0.2) is 10.9 Å². The molecule has 0 fully saturated rings. The third-order valence-corrected chi connectivity index (χ3v) is 5.07. The van der Waals surface area contributed by atoms with Crippen LogP contribution >= 0.6 is 23.2 Å². The summed E-state index contributed by atoms with van der Waals surface area (Å²) in [4.78, 5) is 21.7. The topological polar surface area (TPSA) is 51.2 Å². The largest absolute Gasteiger partial charge is 0.379 e. The van der Waals surface area contributed by atoms with Crippen molar-refractivity contribution in [3.05, 3.63) is 93.2 Å². The van der Waals surface area contributed by atoms with Gasteiger partial charge in [-0.25, -0.2) is 0 Å². The Kier molecular flexibility index (Phi) is 6.32. The van der Waals surface area contributed by atoms with Crippen LogP contribution in [0.4, 0.5) is 0 Å². The van der Waals surface area contributed by atoms with Gasteiger partial charge in [-0.05, 0) is 61.2 Å². The van der Waals surface area contributed by atoms with Crippen molar-refractivity contribution < 1.29 is 9.63 Å². The highest BCUT2D eigenvalue weighted by Gasteiger charge is 2.13. The van der Waals surface area contributed by atoms with E-state index in [1.165, 1.54) is 0 Å². The van der Waals surface area contributed by atoms with Crippen molar-refractivity contribution in [1.82, 2.24) is 10.5 Å². The van der Waals surface area contributed by atoms with Gasteiger partial charge in [0, 0.05) is 33.6 Å². The van der Waals surface area contributed by atoms with E-state index in [0.717, 1.165) is 28.1 Å². The summed E-state index contributed by atoms with van der Waals surface area (Å²) in [5.41, 5.74) is 5.83. The molecule has 0 unspecified atom stereocenters. The molecule has 3 rings (SSSR count). The number of halogens is 2. The SMILES string of the molecule is Cc1c(Cl)ccc(ONC(=O)c2ccncc2)c1CCc1ccccc1Cl. The van der Waals surface area contributed by atoms with Gasteiger partial charge in [-0.15, -0.1) is 0 Å². The molecule has 0 aliphatic heterocycles. The molecule has 0 radical (unpaired) electrons.